The third-order valence-electron chi connectivity index (χ3n) is 5.06. The van der Waals surface area contributed by atoms with E-state index in [0.717, 1.165) is 44.1 Å². The second-order valence-corrected chi connectivity index (χ2v) is 8.71. The van der Waals surface area contributed by atoms with Gasteiger partial charge in [0.1, 0.15) is 11.4 Å². The van der Waals surface area contributed by atoms with E-state index in [1.807, 2.05) is 6.07 Å². The van der Waals surface area contributed by atoms with Crippen LogP contribution in [0.25, 0.3) is 0 Å². The Labute approximate surface area is 158 Å². The lowest BCUT2D eigenvalue weighted by atomic mass is 9.92. The van der Waals surface area contributed by atoms with Crippen LogP contribution in [0.4, 0.5) is 0 Å². The maximum atomic E-state index is 12.6. The summed E-state index contributed by atoms with van der Waals surface area (Å²) >= 11 is 0. The van der Waals surface area contributed by atoms with Crippen molar-refractivity contribution in [3.8, 4) is 5.75 Å². The summed E-state index contributed by atoms with van der Waals surface area (Å²) in [4.78, 5) is 12.5. The SMILES string of the molecule is COc1cc(C(=O)NS(=O)(=O)c2ccc3c(c2)CCCC3)nnc1C1CC1. The number of nitrogens with one attached hydrogen (secondary N) is 1. The first-order valence-corrected chi connectivity index (χ1v) is 10.6. The van der Waals surface area contributed by atoms with Crippen LogP contribution in [-0.4, -0.2) is 31.6 Å². The summed E-state index contributed by atoms with van der Waals surface area (Å²) in [6, 6.07) is 6.48. The number of methoxy groups -OCH3 is 1. The summed E-state index contributed by atoms with van der Waals surface area (Å²) < 4.78 is 32.6. The summed E-state index contributed by atoms with van der Waals surface area (Å²) in [5.41, 5.74) is 2.84. The fourth-order valence-corrected chi connectivity index (χ4v) is 4.42. The maximum absolute atomic E-state index is 12.6. The van der Waals surface area contributed by atoms with Crippen LogP contribution in [0.1, 0.15) is 58.9 Å². The second-order valence-electron chi connectivity index (χ2n) is 7.03. The molecule has 1 fully saturated rings. The van der Waals surface area contributed by atoms with Crippen LogP contribution in [0.5, 0.6) is 5.75 Å². The van der Waals surface area contributed by atoms with Crippen LogP contribution in [-0.2, 0) is 22.9 Å². The number of ether oxygens (including phenoxy) is 1. The normalized spacial score (nSPS) is 16.5. The molecule has 1 amide bonds. The fraction of sp³-hybridized carbons (Fsp3) is 0.421. The van der Waals surface area contributed by atoms with Crippen LogP contribution in [0.3, 0.4) is 0 Å². The van der Waals surface area contributed by atoms with Crippen molar-refractivity contribution >= 4 is 15.9 Å². The molecule has 1 aromatic heterocycles. The molecule has 1 N–H and O–H groups in total. The molecule has 0 spiro atoms. The van der Waals surface area contributed by atoms with Crippen molar-refractivity contribution in [1.82, 2.24) is 14.9 Å². The molecule has 0 bridgehead atoms. The molecule has 2 aliphatic rings. The topological polar surface area (TPSA) is 98.2 Å². The van der Waals surface area contributed by atoms with Crippen LogP contribution in [0.2, 0.25) is 0 Å². The van der Waals surface area contributed by atoms with Gasteiger partial charge < -0.3 is 4.74 Å². The average Bonchev–Trinajstić information content (AvgIpc) is 3.52. The van der Waals surface area contributed by atoms with E-state index in [9.17, 15) is 13.2 Å². The minimum Gasteiger partial charge on any atom is -0.495 e. The highest BCUT2D eigenvalue weighted by Gasteiger charge is 2.30. The Balaban J connectivity index is 1.56. The molecule has 142 valence electrons. The zero-order valence-corrected chi connectivity index (χ0v) is 15.9. The van der Waals surface area contributed by atoms with Crippen molar-refractivity contribution in [3.05, 3.63) is 46.8 Å². The van der Waals surface area contributed by atoms with E-state index in [1.54, 1.807) is 12.1 Å². The molecule has 27 heavy (non-hydrogen) atoms. The summed E-state index contributed by atoms with van der Waals surface area (Å²) in [6.07, 6.45) is 6.02. The van der Waals surface area contributed by atoms with Gasteiger partial charge in [-0.3, -0.25) is 4.79 Å². The van der Waals surface area contributed by atoms with Crippen molar-refractivity contribution in [2.75, 3.05) is 7.11 Å². The highest BCUT2D eigenvalue weighted by Crippen LogP contribution is 2.42. The molecular formula is C19H21N3O4S. The minimum atomic E-state index is -3.98. The number of nitrogens with zero attached hydrogens (tertiary/aromatic N) is 2. The largest absolute Gasteiger partial charge is 0.495 e. The molecule has 4 rings (SSSR count). The lowest BCUT2D eigenvalue weighted by molar-refractivity contribution is 0.0975. The van der Waals surface area contributed by atoms with Crippen LogP contribution in [0.15, 0.2) is 29.2 Å². The van der Waals surface area contributed by atoms with Crippen LogP contribution >= 0.6 is 0 Å². The zero-order chi connectivity index (χ0) is 19.0. The number of sulfonamides is 1. The number of carbonyl (C=O) groups is 1. The monoisotopic (exact) mass is 387 g/mol. The Kier molecular flexibility index (Phi) is 4.59. The standard InChI is InChI=1S/C19H21N3O4S/c1-26-17-11-16(20-21-18(17)13-6-7-13)19(23)22-27(24,25)15-9-8-12-4-2-3-5-14(12)10-15/h8-11,13H,2-7H2,1H3,(H,22,23). The van der Waals surface area contributed by atoms with Crippen molar-refractivity contribution in [2.24, 2.45) is 0 Å². The number of aromatic nitrogens is 2. The summed E-state index contributed by atoms with van der Waals surface area (Å²) in [5.74, 6) is -0.0477. The molecule has 1 saturated carbocycles. The van der Waals surface area contributed by atoms with Crippen molar-refractivity contribution < 1.29 is 17.9 Å². The van der Waals surface area contributed by atoms with Gasteiger partial charge in [-0.1, -0.05) is 6.07 Å². The number of carbonyl (C=O) groups excluding carboxylic acids is 1. The summed E-state index contributed by atoms with van der Waals surface area (Å²) in [5, 5.41) is 7.95. The molecule has 7 nitrogen and oxygen atoms in total. The second kappa shape index (κ2) is 6.92. The average molecular weight is 387 g/mol. The molecule has 0 atom stereocenters. The Morgan fingerprint density at radius 2 is 1.85 bits per heavy atom. The number of benzene rings is 1. The van der Waals surface area contributed by atoms with Gasteiger partial charge in [-0.25, -0.2) is 13.1 Å². The third kappa shape index (κ3) is 3.66. The minimum absolute atomic E-state index is 0.0854. The van der Waals surface area contributed by atoms with Gasteiger partial charge in [0, 0.05) is 12.0 Å². The first kappa shape index (κ1) is 17.9. The quantitative estimate of drug-likeness (QED) is 0.846. The smallest absolute Gasteiger partial charge is 0.285 e. The van der Waals surface area contributed by atoms with E-state index in [4.69, 9.17) is 4.74 Å². The van der Waals surface area contributed by atoms with Gasteiger partial charge in [-0.15, -0.1) is 5.10 Å². The first-order chi connectivity index (χ1) is 13.0. The maximum Gasteiger partial charge on any atom is 0.285 e. The van der Waals surface area contributed by atoms with Crippen LogP contribution < -0.4 is 9.46 Å². The van der Waals surface area contributed by atoms with Gasteiger partial charge in [-0.05, 0) is 61.8 Å². The molecule has 1 aromatic carbocycles. The number of hydrogen-bond acceptors (Lipinski definition) is 6. The lowest BCUT2D eigenvalue weighted by Crippen LogP contribution is -2.31. The van der Waals surface area contributed by atoms with Gasteiger partial charge in [0.25, 0.3) is 15.9 Å². The van der Waals surface area contributed by atoms with Crippen LogP contribution in [0, 0.1) is 0 Å². The number of hydrogen-bond donors (Lipinski definition) is 1. The van der Waals surface area contributed by atoms with Crippen molar-refractivity contribution in [1.29, 1.82) is 0 Å². The Morgan fingerprint density at radius 1 is 1.11 bits per heavy atom. The van der Waals surface area contributed by atoms with Crippen molar-refractivity contribution in [2.45, 2.75) is 49.3 Å². The Morgan fingerprint density at radius 3 is 2.56 bits per heavy atom. The molecular weight excluding hydrogens is 366 g/mol. The van der Waals surface area contributed by atoms with Gasteiger partial charge in [0.05, 0.1) is 12.0 Å². The molecule has 2 aliphatic carbocycles. The molecule has 0 aliphatic heterocycles. The molecule has 8 heteroatoms. The number of aryl methyl sites for hydroxylation is 2. The molecule has 0 unspecified atom stereocenters. The van der Waals surface area contributed by atoms with E-state index in [1.165, 1.54) is 18.7 Å². The van der Waals surface area contributed by atoms with E-state index in [0.29, 0.717) is 17.4 Å². The van der Waals surface area contributed by atoms with E-state index < -0.39 is 15.9 Å². The van der Waals surface area contributed by atoms with E-state index in [2.05, 4.69) is 14.9 Å². The van der Waals surface area contributed by atoms with E-state index >= 15 is 0 Å². The predicted molar refractivity (Wildman–Crippen MR) is 98.3 cm³/mol. The highest BCUT2D eigenvalue weighted by atomic mass is 32.2. The number of rotatable bonds is 5. The van der Waals surface area contributed by atoms with Gasteiger partial charge in [0.2, 0.25) is 0 Å². The molecule has 0 radical (unpaired) electrons. The van der Waals surface area contributed by atoms with Gasteiger partial charge in [0.15, 0.2) is 5.69 Å². The molecule has 1 heterocycles. The van der Waals surface area contributed by atoms with Gasteiger partial charge in [-0.2, -0.15) is 5.10 Å². The highest BCUT2D eigenvalue weighted by molar-refractivity contribution is 7.90. The molecule has 0 saturated heterocycles. The third-order valence-corrected chi connectivity index (χ3v) is 6.39. The van der Waals surface area contributed by atoms with E-state index in [-0.39, 0.29) is 10.6 Å². The van der Waals surface area contributed by atoms with Crippen molar-refractivity contribution in [3.63, 3.8) is 0 Å². The fourth-order valence-electron chi connectivity index (χ4n) is 3.41. The number of amides is 1. The lowest BCUT2D eigenvalue weighted by Gasteiger charge is -2.16. The summed E-state index contributed by atoms with van der Waals surface area (Å²) in [6.45, 7) is 0. The molecule has 2 aromatic rings. The Bertz CT molecular complexity index is 1000. The van der Waals surface area contributed by atoms with Gasteiger partial charge >= 0.3 is 0 Å². The summed E-state index contributed by atoms with van der Waals surface area (Å²) in [7, 11) is -2.49. The predicted octanol–water partition coefficient (Wildman–Crippen LogP) is 2.36. The number of fused-ring (bicyclic) bond motifs is 1. The zero-order valence-electron chi connectivity index (χ0n) is 15.1. The first-order valence-electron chi connectivity index (χ1n) is 9.08. The Hall–Kier alpha value is -2.48.